The molecule has 1 amide bonds. The summed E-state index contributed by atoms with van der Waals surface area (Å²) in [6.07, 6.45) is 6.73. The SMILES string of the molecule is O=C1C(=Cc2cccc(OCCCCCCS(=O)(=O)O)c2)N=C2C(Cc3ccccc3)=NC(c3ccccc3)=CN12. The smallest absolute Gasteiger partial charge is 0.282 e. The molecule has 0 saturated heterocycles. The van der Waals surface area contributed by atoms with E-state index in [1.165, 1.54) is 0 Å². The van der Waals surface area contributed by atoms with Gasteiger partial charge in [-0.15, -0.1) is 0 Å². The Kier molecular flexibility index (Phi) is 8.86. The van der Waals surface area contributed by atoms with E-state index in [-0.39, 0.29) is 11.7 Å². The van der Waals surface area contributed by atoms with Crippen LogP contribution in [0.25, 0.3) is 11.8 Å². The molecule has 3 aromatic rings. The first-order valence-corrected chi connectivity index (χ1v) is 15.2. The molecule has 9 heteroatoms. The highest BCUT2D eigenvalue weighted by Crippen LogP contribution is 2.29. The van der Waals surface area contributed by atoms with E-state index in [0.717, 1.165) is 35.2 Å². The number of fused-ring (bicyclic) bond motifs is 1. The Morgan fingerprint density at radius 3 is 2.34 bits per heavy atom. The van der Waals surface area contributed by atoms with Crippen LogP contribution >= 0.6 is 0 Å². The van der Waals surface area contributed by atoms with E-state index in [4.69, 9.17) is 19.3 Å². The average Bonchev–Trinajstić information content (AvgIpc) is 3.28. The number of aliphatic imine (C=N–C) groups is 2. The van der Waals surface area contributed by atoms with Gasteiger partial charge < -0.3 is 4.74 Å². The van der Waals surface area contributed by atoms with Gasteiger partial charge in [0.05, 0.1) is 23.8 Å². The summed E-state index contributed by atoms with van der Waals surface area (Å²) in [6, 6.07) is 27.3. The van der Waals surface area contributed by atoms with Gasteiger partial charge in [0.1, 0.15) is 11.4 Å². The maximum absolute atomic E-state index is 13.5. The quantitative estimate of drug-likeness (QED) is 0.169. The van der Waals surface area contributed by atoms with Crippen molar-refractivity contribution in [3.8, 4) is 5.75 Å². The van der Waals surface area contributed by atoms with Crippen LogP contribution in [0.15, 0.2) is 107 Å². The van der Waals surface area contributed by atoms with Crippen molar-refractivity contribution in [1.82, 2.24) is 4.90 Å². The maximum atomic E-state index is 13.5. The third-order valence-corrected chi connectivity index (χ3v) is 7.47. The first-order valence-electron chi connectivity index (χ1n) is 13.6. The van der Waals surface area contributed by atoms with Crippen molar-refractivity contribution >= 4 is 39.3 Å². The minimum Gasteiger partial charge on any atom is -0.494 e. The summed E-state index contributed by atoms with van der Waals surface area (Å²) in [7, 11) is -3.90. The van der Waals surface area contributed by atoms with E-state index in [9.17, 15) is 13.2 Å². The van der Waals surface area contributed by atoms with Crippen molar-refractivity contribution in [2.24, 2.45) is 9.98 Å². The molecule has 0 unspecified atom stereocenters. The first kappa shape index (κ1) is 28.2. The van der Waals surface area contributed by atoms with Crippen LogP contribution < -0.4 is 4.74 Å². The number of amides is 1. The Balaban J connectivity index is 1.30. The molecule has 0 fully saturated rings. The molecule has 0 spiro atoms. The van der Waals surface area contributed by atoms with Crippen molar-refractivity contribution in [3.63, 3.8) is 0 Å². The molecular weight excluding hydrogens is 538 g/mol. The zero-order valence-electron chi connectivity index (χ0n) is 22.5. The predicted molar refractivity (Wildman–Crippen MR) is 161 cm³/mol. The predicted octanol–water partition coefficient (Wildman–Crippen LogP) is 5.79. The molecular formula is C32H31N3O5S. The van der Waals surface area contributed by atoms with Crippen LogP contribution in [0.5, 0.6) is 5.75 Å². The summed E-state index contributed by atoms with van der Waals surface area (Å²) in [5.41, 5.74) is 4.54. The van der Waals surface area contributed by atoms with Gasteiger partial charge >= 0.3 is 0 Å². The van der Waals surface area contributed by atoms with Crippen LogP contribution in [0, 0.1) is 0 Å². The van der Waals surface area contributed by atoms with Gasteiger partial charge in [-0.05, 0) is 42.2 Å². The lowest BCUT2D eigenvalue weighted by Gasteiger charge is -2.21. The Bertz CT molecular complexity index is 1630. The Morgan fingerprint density at radius 2 is 1.59 bits per heavy atom. The van der Waals surface area contributed by atoms with Gasteiger partial charge in [-0.25, -0.2) is 9.98 Å². The second-order valence-electron chi connectivity index (χ2n) is 9.86. The van der Waals surface area contributed by atoms with E-state index < -0.39 is 10.1 Å². The van der Waals surface area contributed by atoms with Crippen LogP contribution in [-0.4, -0.2) is 47.7 Å². The molecule has 0 saturated carbocycles. The zero-order chi connectivity index (χ0) is 28.7. The molecule has 1 N–H and O–H groups in total. The molecule has 0 aliphatic carbocycles. The summed E-state index contributed by atoms with van der Waals surface area (Å²) < 4.78 is 36.3. The van der Waals surface area contributed by atoms with E-state index in [1.54, 1.807) is 17.2 Å². The molecule has 0 aromatic heterocycles. The van der Waals surface area contributed by atoms with Crippen molar-refractivity contribution < 1.29 is 22.5 Å². The molecule has 3 aromatic carbocycles. The van der Waals surface area contributed by atoms with Crippen molar-refractivity contribution in [2.75, 3.05) is 12.4 Å². The van der Waals surface area contributed by atoms with E-state index in [0.29, 0.717) is 48.8 Å². The lowest BCUT2D eigenvalue weighted by molar-refractivity contribution is -0.120. The fourth-order valence-corrected chi connectivity index (χ4v) is 5.21. The van der Waals surface area contributed by atoms with E-state index in [1.807, 2.05) is 84.9 Å². The number of carbonyl (C=O) groups is 1. The monoisotopic (exact) mass is 569 g/mol. The highest BCUT2D eigenvalue weighted by Gasteiger charge is 2.35. The molecule has 2 heterocycles. The summed E-state index contributed by atoms with van der Waals surface area (Å²) in [6.45, 7) is 0.479. The lowest BCUT2D eigenvalue weighted by Crippen LogP contribution is -2.36. The molecule has 210 valence electrons. The van der Waals surface area contributed by atoms with Gasteiger partial charge in [-0.1, -0.05) is 85.6 Å². The molecule has 0 atom stereocenters. The van der Waals surface area contributed by atoms with Crippen LogP contribution in [0.2, 0.25) is 0 Å². The Hall–Kier alpha value is -4.34. The number of unbranched alkanes of at least 4 members (excludes halogenated alkanes) is 3. The highest BCUT2D eigenvalue weighted by atomic mass is 32.2. The average molecular weight is 570 g/mol. The first-order chi connectivity index (χ1) is 19.9. The van der Waals surface area contributed by atoms with Crippen LogP contribution in [0.4, 0.5) is 0 Å². The third-order valence-electron chi connectivity index (χ3n) is 6.67. The Labute approximate surface area is 240 Å². The molecule has 0 radical (unpaired) electrons. The van der Waals surface area contributed by atoms with E-state index >= 15 is 0 Å². The summed E-state index contributed by atoms with van der Waals surface area (Å²) in [4.78, 5) is 24.7. The van der Waals surface area contributed by atoms with Gasteiger partial charge in [-0.2, -0.15) is 8.42 Å². The van der Waals surface area contributed by atoms with Gasteiger partial charge in [0.15, 0.2) is 5.84 Å². The van der Waals surface area contributed by atoms with Crippen LogP contribution in [0.1, 0.15) is 42.4 Å². The third kappa shape index (κ3) is 7.65. The second-order valence-corrected chi connectivity index (χ2v) is 11.4. The number of nitrogens with zero attached hydrogens (tertiary/aromatic N) is 3. The largest absolute Gasteiger partial charge is 0.494 e. The molecule has 2 aliphatic rings. The van der Waals surface area contributed by atoms with Crippen molar-refractivity contribution in [3.05, 3.63) is 114 Å². The van der Waals surface area contributed by atoms with Crippen molar-refractivity contribution in [1.29, 1.82) is 0 Å². The molecule has 0 bridgehead atoms. The molecule has 5 rings (SSSR count). The summed E-state index contributed by atoms with van der Waals surface area (Å²) in [5.74, 6) is 0.774. The van der Waals surface area contributed by atoms with Crippen LogP contribution in [0.3, 0.4) is 0 Å². The minimum atomic E-state index is -3.90. The highest BCUT2D eigenvalue weighted by molar-refractivity contribution is 7.85. The van der Waals surface area contributed by atoms with Gasteiger partial charge in [0, 0.05) is 18.2 Å². The number of benzene rings is 3. The molecule has 41 heavy (non-hydrogen) atoms. The number of carbonyl (C=O) groups excluding carboxylic acids is 1. The summed E-state index contributed by atoms with van der Waals surface area (Å²) in [5, 5.41) is 0. The maximum Gasteiger partial charge on any atom is 0.282 e. The van der Waals surface area contributed by atoms with Crippen molar-refractivity contribution in [2.45, 2.75) is 32.1 Å². The Morgan fingerprint density at radius 1 is 0.854 bits per heavy atom. The molecule has 2 aliphatic heterocycles. The number of ether oxygens (including phenoxy) is 1. The second kappa shape index (κ2) is 12.9. The fraction of sp³-hybridized carbons (Fsp3) is 0.219. The number of rotatable bonds is 12. The number of amidine groups is 1. The molecule has 8 nitrogen and oxygen atoms in total. The topological polar surface area (TPSA) is 109 Å². The lowest BCUT2D eigenvalue weighted by atomic mass is 10.1. The van der Waals surface area contributed by atoms with E-state index in [2.05, 4.69) is 0 Å². The summed E-state index contributed by atoms with van der Waals surface area (Å²) >= 11 is 0. The number of hydrogen-bond acceptors (Lipinski definition) is 6. The number of hydrogen-bond donors (Lipinski definition) is 1. The van der Waals surface area contributed by atoms with Crippen LogP contribution in [-0.2, 0) is 21.3 Å². The van der Waals surface area contributed by atoms with Gasteiger partial charge in [0.2, 0.25) is 0 Å². The normalized spacial score (nSPS) is 15.8. The fourth-order valence-electron chi connectivity index (χ4n) is 4.64. The zero-order valence-corrected chi connectivity index (χ0v) is 23.3. The standard InChI is InChI=1S/C32H31N3O5S/c36-32-29(22-25-14-11-17-27(20-25)40-18-9-1-2-10-19-41(37,38)39)34-31-28(21-24-12-5-3-6-13-24)33-30(23-35(31)32)26-15-7-4-8-16-26/h3-8,11-17,20,22-23H,1-2,9-10,18-19,21H2,(H,37,38,39). The van der Waals surface area contributed by atoms with Gasteiger partial charge in [0.25, 0.3) is 16.0 Å². The minimum absolute atomic E-state index is 0.214. The van der Waals surface area contributed by atoms with Gasteiger partial charge in [-0.3, -0.25) is 14.2 Å².